The average Bonchev–Trinajstić information content (AvgIpc) is 2.88. The largest absolute Gasteiger partial charge is 0.481 e. The molecule has 20 heavy (non-hydrogen) atoms. The molecule has 0 saturated heterocycles. The summed E-state index contributed by atoms with van der Waals surface area (Å²) in [7, 11) is 0. The van der Waals surface area contributed by atoms with Crippen molar-refractivity contribution in [2.45, 2.75) is 38.6 Å². The number of aliphatic carboxylic acids is 1. The molecule has 0 heterocycles. The van der Waals surface area contributed by atoms with E-state index in [2.05, 4.69) is 5.32 Å². The van der Waals surface area contributed by atoms with Gasteiger partial charge in [0.25, 0.3) is 0 Å². The molecule has 1 aromatic rings. The SMILES string of the molecule is O=C(CC1(C(=O)O)CCCC1)NCc1ccccc1Cl. The van der Waals surface area contributed by atoms with Crippen molar-refractivity contribution in [3.8, 4) is 0 Å². The molecule has 1 fully saturated rings. The first-order chi connectivity index (χ1) is 9.53. The van der Waals surface area contributed by atoms with Crippen molar-refractivity contribution in [3.63, 3.8) is 0 Å². The highest BCUT2D eigenvalue weighted by atomic mass is 35.5. The van der Waals surface area contributed by atoms with Crippen LogP contribution in [-0.2, 0) is 16.1 Å². The lowest BCUT2D eigenvalue weighted by molar-refractivity contribution is -0.151. The third-order valence-corrected chi connectivity index (χ3v) is 4.32. The number of carboxylic acid groups (broad SMARTS) is 1. The van der Waals surface area contributed by atoms with Gasteiger partial charge in [-0.25, -0.2) is 0 Å². The van der Waals surface area contributed by atoms with Crippen molar-refractivity contribution in [2.24, 2.45) is 5.41 Å². The average molecular weight is 296 g/mol. The predicted molar refractivity (Wildman–Crippen MR) is 76.5 cm³/mol. The summed E-state index contributed by atoms with van der Waals surface area (Å²) in [5.74, 6) is -1.09. The summed E-state index contributed by atoms with van der Waals surface area (Å²) >= 11 is 6.01. The maximum atomic E-state index is 12.0. The minimum absolute atomic E-state index is 0.0484. The van der Waals surface area contributed by atoms with E-state index in [0.29, 0.717) is 24.4 Å². The van der Waals surface area contributed by atoms with Gasteiger partial charge in [0.15, 0.2) is 0 Å². The van der Waals surface area contributed by atoms with Gasteiger partial charge in [0.05, 0.1) is 5.41 Å². The Labute approximate surface area is 123 Å². The summed E-state index contributed by atoms with van der Waals surface area (Å²) in [5.41, 5.74) is -0.0387. The Kier molecular flexibility index (Phi) is 4.65. The molecule has 0 aliphatic heterocycles. The second kappa shape index (κ2) is 6.27. The number of hydrogen-bond acceptors (Lipinski definition) is 2. The van der Waals surface area contributed by atoms with Crippen molar-refractivity contribution in [3.05, 3.63) is 34.9 Å². The molecule has 2 N–H and O–H groups in total. The van der Waals surface area contributed by atoms with Crippen LogP contribution in [0.2, 0.25) is 5.02 Å². The van der Waals surface area contributed by atoms with E-state index in [1.165, 1.54) is 0 Å². The molecule has 1 amide bonds. The van der Waals surface area contributed by atoms with E-state index in [-0.39, 0.29) is 12.3 Å². The van der Waals surface area contributed by atoms with E-state index in [1.807, 2.05) is 18.2 Å². The Morgan fingerprint density at radius 1 is 1.25 bits per heavy atom. The van der Waals surface area contributed by atoms with Crippen LogP contribution in [0.5, 0.6) is 0 Å². The summed E-state index contributed by atoms with van der Waals surface area (Å²) in [6, 6.07) is 7.28. The van der Waals surface area contributed by atoms with Gasteiger partial charge < -0.3 is 10.4 Å². The van der Waals surface area contributed by atoms with E-state index < -0.39 is 11.4 Å². The summed E-state index contributed by atoms with van der Waals surface area (Å²) in [4.78, 5) is 23.4. The first-order valence-electron chi connectivity index (χ1n) is 6.77. The predicted octanol–water partition coefficient (Wildman–Crippen LogP) is 2.99. The van der Waals surface area contributed by atoms with Gasteiger partial charge in [-0.3, -0.25) is 9.59 Å². The number of benzene rings is 1. The first-order valence-corrected chi connectivity index (χ1v) is 7.15. The Bertz CT molecular complexity index is 510. The molecule has 0 spiro atoms. The van der Waals surface area contributed by atoms with E-state index in [1.54, 1.807) is 6.07 Å². The fourth-order valence-corrected chi connectivity index (χ4v) is 2.93. The molecule has 1 aliphatic carbocycles. The number of nitrogens with one attached hydrogen (secondary N) is 1. The molecule has 108 valence electrons. The van der Waals surface area contributed by atoms with Crippen LogP contribution < -0.4 is 5.32 Å². The monoisotopic (exact) mass is 295 g/mol. The molecule has 2 rings (SSSR count). The lowest BCUT2D eigenvalue weighted by Crippen LogP contribution is -2.35. The smallest absolute Gasteiger partial charge is 0.310 e. The second-order valence-electron chi connectivity index (χ2n) is 5.34. The quantitative estimate of drug-likeness (QED) is 0.877. The van der Waals surface area contributed by atoms with Gasteiger partial charge in [-0.05, 0) is 24.5 Å². The number of halogens is 1. The maximum Gasteiger partial charge on any atom is 0.310 e. The van der Waals surface area contributed by atoms with Gasteiger partial charge in [0.1, 0.15) is 0 Å². The molecule has 0 atom stereocenters. The lowest BCUT2D eigenvalue weighted by atomic mass is 9.82. The molecule has 1 saturated carbocycles. The Hall–Kier alpha value is -1.55. The number of carboxylic acids is 1. The summed E-state index contributed by atoms with van der Waals surface area (Å²) in [6.45, 7) is 0.328. The minimum atomic E-state index is -0.870. The van der Waals surface area contributed by atoms with Crippen molar-refractivity contribution in [1.82, 2.24) is 5.32 Å². The van der Waals surface area contributed by atoms with Crippen LogP contribution in [0.25, 0.3) is 0 Å². The fourth-order valence-electron chi connectivity index (χ4n) is 2.72. The number of rotatable bonds is 5. The standard InChI is InChI=1S/C15H18ClNO3/c16-12-6-2-1-5-11(12)10-17-13(18)9-15(14(19)20)7-3-4-8-15/h1-2,5-6H,3-4,7-10H2,(H,17,18)(H,19,20). The van der Waals surface area contributed by atoms with Crippen LogP contribution in [0.4, 0.5) is 0 Å². The molecule has 0 unspecified atom stereocenters. The summed E-state index contributed by atoms with van der Waals surface area (Å²) < 4.78 is 0. The zero-order chi connectivity index (χ0) is 14.6. The van der Waals surface area contributed by atoms with E-state index in [4.69, 9.17) is 11.6 Å². The van der Waals surface area contributed by atoms with Crippen LogP contribution in [0.3, 0.4) is 0 Å². The minimum Gasteiger partial charge on any atom is -0.481 e. The molecule has 1 aliphatic rings. The van der Waals surface area contributed by atoms with Gasteiger partial charge >= 0.3 is 5.97 Å². The number of carbonyl (C=O) groups excluding carboxylic acids is 1. The first kappa shape index (κ1) is 14.9. The van der Waals surface area contributed by atoms with Crippen LogP contribution in [0, 0.1) is 5.41 Å². The number of carbonyl (C=O) groups is 2. The van der Waals surface area contributed by atoms with Gasteiger partial charge in [-0.1, -0.05) is 42.6 Å². The van der Waals surface area contributed by atoms with Crippen LogP contribution in [0.15, 0.2) is 24.3 Å². The normalized spacial score (nSPS) is 16.9. The van der Waals surface area contributed by atoms with E-state index in [0.717, 1.165) is 18.4 Å². The number of hydrogen-bond donors (Lipinski definition) is 2. The molecule has 0 aromatic heterocycles. The Morgan fingerprint density at radius 3 is 2.50 bits per heavy atom. The van der Waals surface area contributed by atoms with Crippen LogP contribution in [-0.4, -0.2) is 17.0 Å². The highest BCUT2D eigenvalue weighted by Gasteiger charge is 2.42. The molecular formula is C15H18ClNO3. The molecule has 0 radical (unpaired) electrons. The van der Waals surface area contributed by atoms with Gasteiger partial charge in [-0.15, -0.1) is 0 Å². The van der Waals surface area contributed by atoms with Gasteiger partial charge in [0, 0.05) is 18.0 Å². The molecule has 0 bridgehead atoms. The fraction of sp³-hybridized carbons (Fsp3) is 0.467. The van der Waals surface area contributed by atoms with E-state index >= 15 is 0 Å². The third kappa shape index (κ3) is 3.31. The van der Waals surface area contributed by atoms with Crippen molar-refractivity contribution >= 4 is 23.5 Å². The summed E-state index contributed by atoms with van der Waals surface area (Å²) in [5, 5.41) is 12.7. The molecule has 4 nitrogen and oxygen atoms in total. The number of amides is 1. The van der Waals surface area contributed by atoms with E-state index in [9.17, 15) is 14.7 Å². The Morgan fingerprint density at radius 2 is 1.90 bits per heavy atom. The van der Waals surface area contributed by atoms with Crippen molar-refractivity contribution < 1.29 is 14.7 Å². The zero-order valence-electron chi connectivity index (χ0n) is 11.2. The highest BCUT2D eigenvalue weighted by Crippen LogP contribution is 2.41. The van der Waals surface area contributed by atoms with Gasteiger partial charge in [0.2, 0.25) is 5.91 Å². The molecule has 5 heteroatoms. The Balaban J connectivity index is 1.92. The van der Waals surface area contributed by atoms with Gasteiger partial charge in [-0.2, -0.15) is 0 Å². The van der Waals surface area contributed by atoms with Crippen LogP contribution >= 0.6 is 11.6 Å². The highest BCUT2D eigenvalue weighted by molar-refractivity contribution is 6.31. The van der Waals surface area contributed by atoms with Crippen LogP contribution in [0.1, 0.15) is 37.7 Å². The topological polar surface area (TPSA) is 66.4 Å². The second-order valence-corrected chi connectivity index (χ2v) is 5.74. The maximum absolute atomic E-state index is 12.0. The van der Waals surface area contributed by atoms with Crippen molar-refractivity contribution in [2.75, 3.05) is 0 Å². The summed E-state index contributed by atoms with van der Waals surface area (Å²) in [6.07, 6.45) is 2.98. The molecule has 1 aromatic carbocycles. The lowest BCUT2D eigenvalue weighted by Gasteiger charge is -2.22. The third-order valence-electron chi connectivity index (χ3n) is 3.95. The molecular weight excluding hydrogens is 278 g/mol. The zero-order valence-corrected chi connectivity index (χ0v) is 11.9. The van der Waals surface area contributed by atoms with Crippen molar-refractivity contribution in [1.29, 1.82) is 0 Å².